The number of amides is 1. The van der Waals surface area contributed by atoms with Crippen LogP contribution in [0.1, 0.15) is 62.5 Å². The van der Waals surface area contributed by atoms with Gasteiger partial charge in [-0.2, -0.15) is 15.1 Å². The van der Waals surface area contributed by atoms with Crippen molar-refractivity contribution in [3.63, 3.8) is 0 Å². The molecule has 0 unspecified atom stereocenters. The molecule has 12 heteroatoms. The molecule has 2 aromatic heterocycles. The van der Waals surface area contributed by atoms with Crippen LogP contribution in [0.4, 0.5) is 10.2 Å². The molecule has 4 aliphatic rings. The summed E-state index contributed by atoms with van der Waals surface area (Å²) in [6.45, 7) is 14.0. The molecule has 4 fully saturated rings. The van der Waals surface area contributed by atoms with E-state index in [1.807, 2.05) is 13.1 Å². The van der Waals surface area contributed by atoms with Gasteiger partial charge in [0.15, 0.2) is 11.6 Å². The van der Waals surface area contributed by atoms with Crippen LogP contribution in [-0.4, -0.2) is 108 Å². The quantitative estimate of drug-likeness (QED) is 0.185. The number of aryl methyl sites for hydroxylation is 1. The minimum absolute atomic E-state index is 0.00477. The summed E-state index contributed by atoms with van der Waals surface area (Å²) in [4.78, 5) is 28.9. The number of anilines is 1. The van der Waals surface area contributed by atoms with Crippen LogP contribution in [0, 0.1) is 12.3 Å². The lowest BCUT2D eigenvalue weighted by atomic mass is 9.72. The SMILES string of the molecule is C=C(F)C(=O)N1CC2(CCN(c3nc(OC4CCN(CCOC)CC4)nc4c(OCC)c(-c5c(C)ccc6[nH]ncc56)c(C5CC5)cc34)CC2)C1. The predicted octanol–water partition coefficient (Wildman–Crippen LogP) is 6.16. The fraction of sp³-hybridized carbons (Fsp3) is 0.538. The first kappa shape index (κ1) is 33.8. The van der Waals surface area contributed by atoms with Gasteiger partial charge in [0.25, 0.3) is 5.91 Å². The second-order valence-corrected chi connectivity index (χ2v) is 14.9. The van der Waals surface area contributed by atoms with E-state index in [1.54, 1.807) is 12.0 Å². The second-order valence-electron chi connectivity index (χ2n) is 14.9. The number of rotatable bonds is 11. The van der Waals surface area contributed by atoms with E-state index in [0.717, 1.165) is 128 Å². The average molecular weight is 698 g/mol. The highest BCUT2D eigenvalue weighted by Crippen LogP contribution is 2.53. The van der Waals surface area contributed by atoms with Gasteiger partial charge in [-0.3, -0.25) is 9.89 Å². The molecule has 51 heavy (non-hydrogen) atoms. The highest BCUT2D eigenvalue weighted by atomic mass is 19.1. The molecule has 1 aliphatic carbocycles. The number of carbonyl (C=O) groups is 1. The molecule has 4 aromatic rings. The number of hydrogen-bond donors (Lipinski definition) is 1. The van der Waals surface area contributed by atoms with Crippen molar-refractivity contribution >= 4 is 33.5 Å². The van der Waals surface area contributed by atoms with E-state index < -0.39 is 11.7 Å². The van der Waals surface area contributed by atoms with Crippen LogP contribution in [-0.2, 0) is 9.53 Å². The molecule has 2 aromatic carbocycles. The van der Waals surface area contributed by atoms with Gasteiger partial charge in [-0.1, -0.05) is 12.6 Å². The lowest BCUT2D eigenvalue weighted by molar-refractivity contribution is -0.142. The highest BCUT2D eigenvalue weighted by molar-refractivity contribution is 6.06. The first-order valence-corrected chi connectivity index (χ1v) is 18.5. The lowest BCUT2D eigenvalue weighted by Crippen LogP contribution is -2.62. The number of benzene rings is 2. The third-order valence-electron chi connectivity index (χ3n) is 11.4. The van der Waals surface area contributed by atoms with Crippen molar-refractivity contribution in [1.82, 2.24) is 30.0 Å². The van der Waals surface area contributed by atoms with Gasteiger partial charge >= 0.3 is 6.01 Å². The van der Waals surface area contributed by atoms with Crippen LogP contribution in [0.15, 0.2) is 36.8 Å². The van der Waals surface area contributed by atoms with E-state index in [9.17, 15) is 9.18 Å². The average Bonchev–Trinajstić information content (AvgIpc) is 3.86. The van der Waals surface area contributed by atoms with Crippen molar-refractivity contribution in [2.75, 3.05) is 71.0 Å². The van der Waals surface area contributed by atoms with Gasteiger partial charge in [-0.25, -0.2) is 4.39 Å². The number of hydrogen-bond acceptors (Lipinski definition) is 9. The number of nitrogens with one attached hydrogen (secondary N) is 1. The van der Waals surface area contributed by atoms with Crippen molar-refractivity contribution in [3.8, 4) is 22.9 Å². The number of aromatic amines is 1. The summed E-state index contributed by atoms with van der Waals surface area (Å²) < 4.78 is 32.2. The molecule has 5 heterocycles. The number of likely N-dealkylation sites (tertiary alicyclic amines) is 2. The zero-order valence-corrected chi connectivity index (χ0v) is 30.0. The van der Waals surface area contributed by atoms with E-state index in [0.29, 0.717) is 31.6 Å². The smallest absolute Gasteiger partial charge is 0.319 e. The van der Waals surface area contributed by atoms with Gasteiger partial charge in [0, 0.05) is 74.7 Å². The Morgan fingerprint density at radius 3 is 2.51 bits per heavy atom. The number of ether oxygens (including phenoxy) is 3. The Kier molecular flexibility index (Phi) is 9.08. The summed E-state index contributed by atoms with van der Waals surface area (Å²) in [5, 5.41) is 9.60. The largest absolute Gasteiger partial charge is 0.491 e. The molecule has 1 spiro atoms. The molecule has 0 bridgehead atoms. The molecule has 0 radical (unpaired) electrons. The Bertz CT molecular complexity index is 1950. The van der Waals surface area contributed by atoms with E-state index in [1.165, 1.54) is 5.56 Å². The minimum Gasteiger partial charge on any atom is -0.491 e. The Labute approximate surface area is 298 Å². The van der Waals surface area contributed by atoms with Gasteiger partial charge in [0.2, 0.25) is 0 Å². The summed E-state index contributed by atoms with van der Waals surface area (Å²) in [7, 11) is 1.74. The van der Waals surface area contributed by atoms with Gasteiger partial charge < -0.3 is 28.9 Å². The van der Waals surface area contributed by atoms with Crippen molar-refractivity contribution in [2.45, 2.75) is 64.4 Å². The molecule has 3 aliphatic heterocycles. The zero-order valence-electron chi connectivity index (χ0n) is 30.0. The molecular formula is C39H48FN7O4. The van der Waals surface area contributed by atoms with Crippen LogP contribution >= 0.6 is 0 Å². The normalized spacial score (nSPS) is 19.5. The number of piperidine rings is 2. The first-order valence-electron chi connectivity index (χ1n) is 18.5. The summed E-state index contributed by atoms with van der Waals surface area (Å²) >= 11 is 0. The lowest BCUT2D eigenvalue weighted by Gasteiger charge is -2.54. The zero-order chi connectivity index (χ0) is 35.3. The third kappa shape index (κ3) is 6.41. The molecule has 1 saturated carbocycles. The van der Waals surface area contributed by atoms with Crippen molar-refractivity contribution in [3.05, 3.63) is 47.9 Å². The maximum atomic E-state index is 13.6. The molecule has 3 saturated heterocycles. The predicted molar refractivity (Wildman–Crippen MR) is 195 cm³/mol. The highest BCUT2D eigenvalue weighted by Gasteiger charge is 2.47. The molecule has 0 atom stereocenters. The molecule has 8 rings (SSSR count). The number of methoxy groups -OCH3 is 1. The number of halogens is 1. The fourth-order valence-corrected chi connectivity index (χ4v) is 8.44. The van der Waals surface area contributed by atoms with Crippen molar-refractivity contribution in [1.29, 1.82) is 0 Å². The Hall–Kier alpha value is -4.29. The van der Waals surface area contributed by atoms with E-state index in [-0.39, 0.29) is 11.5 Å². The molecule has 270 valence electrons. The molecule has 1 N–H and O–H groups in total. The van der Waals surface area contributed by atoms with Crippen LogP contribution in [0.2, 0.25) is 0 Å². The second kappa shape index (κ2) is 13.7. The van der Waals surface area contributed by atoms with E-state index >= 15 is 0 Å². The Morgan fingerprint density at radius 1 is 1.06 bits per heavy atom. The van der Waals surface area contributed by atoms with Crippen LogP contribution in [0.5, 0.6) is 11.8 Å². The Balaban J connectivity index is 1.21. The number of H-pyrrole nitrogens is 1. The maximum Gasteiger partial charge on any atom is 0.319 e. The van der Waals surface area contributed by atoms with Crippen LogP contribution in [0.3, 0.4) is 0 Å². The fourth-order valence-electron chi connectivity index (χ4n) is 8.44. The standard InChI is InChI=1S/C39H48FN7O4/c1-5-50-35-33(32-24(2)6-9-31-30(32)21-41-44-31)28(26-7-8-26)20-29-34(35)42-38(51-27-10-14-45(15-11-27)18-19-49-4)43-36(29)46-16-12-39(13-17-46)22-47(23-39)37(48)25(3)40/h6,9,20-21,26-27H,3,5,7-8,10-19,22-23H2,1-2,4H3,(H,41,44). The van der Waals surface area contributed by atoms with Gasteiger partial charge in [0.1, 0.15) is 17.4 Å². The van der Waals surface area contributed by atoms with Crippen LogP contribution < -0.4 is 14.4 Å². The van der Waals surface area contributed by atoms with Crippen molar-refractivity contribution < 1.29 is 23.4 Å². The van der Waals surface area contributed by atoms with Crippen molar-refractivity contribution in [2.24, 2.45) is 5.41 Å². The summed E-state index contributed by atoms with van der Waals surface area (Å²) in [5.41, 5.74) is 6.36. The van der Waals surface area contributed by atoms with Gasteiger partial charge in [-0.05, 0) is 87.1 Å². The topological polar surface area (TPSA) is 109 Å². The summed E-state index contributed by atoms with van der Waals surface area (Å²) in [6, 6.07) is 6.92. The monoisotopic (exact) mass is 697 g/mol. The molecular weight excluding hydrogens is 649 g/mol. The molecule has 11 nitrogen and oxygen atoms in total. The number of aromatic nitrogens is 4. The summed E-state index contributed by atoms with van der Waals surface area (Å²) in [6.07, 6.45) is 7.70. The van der Waals surface area contributed by atoms with Gasteiger partial charge in [0.05, 0.1) is 24.9 Å². The number of carbonyl (C=O) groups excluding carboxylic acids is 1. The van der Waals surface area contributed by atoms with Crippen LogP contribution in [0.25, 0.3) is 32.9 Å². The summed E-state index contributed by atoms with van der Waals surface area (Å²) in [5.74, 6) is 0.567. The number of nitrogens with zero attached hydrogens (tertiary/aromatic N) is 6. The number of fused-ring (bicyclic) bond motifs is 2. The first-order chi connectivity index (χ1) is 24.8. The third-order valence-corrected chi connectivity index (χ3v) is 11.4. The van der Waals surface area contributed by atoms with Gasteiger partial charge in [-0.15, -0.1) is 0 Å². The minimum atomic E-state index is -0.891. The maximum absolute atomic E-state index is 13.6. The molecule has 1 amide bonds. The van der Waals surface area contributed by atoms with E-state index in [4.69, 9.17) is 24.2 Å². The Morgan fingerprint density at radius 2 is 1.82 bits per heavy atom. The van der Waals surface area contributed by atoms with E-state index in [2.05, 4.69) is 51.7 Å².